The molecule has 5 nitrogen and oxygen atoms in total. The summed E-state index contributed by atoms with van der Waals surface area (Å²) in [6, 6.07) is 1.79. The van der Waals surface area contributed by atoms with Gasteiger partial charge in [0.25, 0.3) is 5.56 Å². The van der Waals surface area contributed by atoms with Gasteiger partial charge in [-0.2, -0.15) is 13.2 Å². The second-order valence-corrected chi connectivity index (χ2v) is 3.66. The van der Waals surface area contributed by atoms with E-state index in [0.717, 1.165) is 12.1 Å². The van der Waals surface area contributed by atoms with E-state index in [0.29, 0.717) is 0 Å². The monoisotopic (exact) mass is 254 g/mol. The molecule has 0 amide bonds. The van der Waals surface area contributed by atoms with Crippen molar-refractivity contribution in [3.05, 3.63) is 40.6 Å². The summed E-state index contributed by atoms with van der Waals surface area (Å²) in [5.41, 5.74) is -1.04. The lowest BCUT2D eigenvalue weighted by Gasteiger charge is -2.05. The number of rotatable bonds is 0. The van der Waals surface area contributed by atoms with E-state index in [4.69, 9.17) is 0 Å². The molecule has 8 heteroatoms. The van der Waals surface area contributed by atoms with Gasteiger partial charge < -0.3 is 4.98 Å². The molecule has 0 atom stereocenters. The zero-order valence-electron chi connectivity index (χ0n) is 8.69. The number of pyridine rings is 1. The summed E-state index contributed by atoms with van der Waals surface area (Å²) < 4.78 is 38.9. The van der Waals surface area contributed by atoms with E-state index in [2.05, 4.69) is 15.0 Å². The standard InChI is InChI=1S/C10H5F3N4O/c11-10(12,13)5-1-2-17-6(3-5)16-7-8(17)14-4-15-9(7)18/h1-4H,(H,14,15,18). The maximum Gasteiger partial charge on any atom is 0.416 e. The van der Waals surface area contributed by atoms with E-state index in [1.165, 1.54) is 16.9 Å². The second kappa shape index (κ2) is 3.31. The molecule has 0 fully saturated rings. The van der Waals surface area contributed by atoms with Crippen LogP contribution in [0.2, 0.25) is 0 Å². The van der Waals surface area contributed by atoms with Gasteiger partial charge in [0.15, 0.2) is 11.2 Å². The van der Waals surface area contributed by atoms with E-state index in [-0.39, 0.29) is 16.8 Å². The molecule has 0 spiro atoms. The van der Waals surface area contributed by atoms with Crippen molar-refractivity contribution in [1.29, 1.82) is 0 Å². The van der Waals surface area contributed by atoms with Gasteiger partial charge in [-0.25, -0.2) is 9.97 Å². The summed E-state index contributed by atoms with van der Waals surface area (Å²) >= 11 is 0. The molecule has 3 heterocycles. The molecule has 0 aliphatic heterocycles. The van der Waals surface area contributed by atoms with E-state index >= 15 is 0 Å². The molecular weight excluding hydrogens is 249 g/mol. The second-order valence-electron chi connectivity index (χ2n) is 3.66. The van der Waals surface area contributed by atoms with Crippen molar-refractivity contribution in [1.82, 2.24) is 19.4 Å². The number of hydrogen-bond donors (Lipinski definition) is 1. The van der Waals surface area contributed by atoms with Crippen LogP contribution in [0.15, 0.2) is 29.5 Å². The number of aromatic nitrogens is 4. The maximum absolute atomic E-state index is 12.5. The number of fused-ring (bicyclic) bond motifs is 3. The van der Waals surface area contributed by atoms with Gasteiger partial charge in [-0.3, -0.25) is 9.20 Å². The van der Waals surface area contributed by atoms with Crippen LogP contribution in [-0.2, 0) is 6.18 Å². The van der Waals surface area contributed by atoms with Gasteiger partial charge in [0.1, 0.15) is 5.65 Å². The predicted octanol–water partition coefficient (Wildman–Crippen LogP) is 1.59. The van der Waals surface area contributed by atoms with Crippen molar-refractivity contribution in [2.24, 2.45) is 0 Å². The first-order valence-corrected chi connectivity index (χ1v) is 4.89. The van der Waals surface area contributed by atoms with Gasteiger partial charge >= 0.3 is 6.18 Å². The highest BCUT2D eigenvalue weighted by Crippen LogP contribution is 2.29. The Labute approximate surface area is 96.9 Å². The summed E-state index contributed by atoms with van der Waals surface area (Å²) in [7, 11) is 0. The molecule has 0 aromatic carbocycles. The third-order valence-corrected chi connectivity index (χ3v) is 2.53. The smallest absolute Gasteiger partial charge is 0.311 e. The van der Waals surface area contributed by atoms with Crippen molar-refractivity contribution in [3.8, 4) is 0 Å². The molecule has 0 aliphatic rings. The molecule has 0 saturated heterocycles. The molecule has 0 unspecified atom stereocenters. The number of H-pyrrole nitrogens is 1. The molecule has 3 aromatic rings. The Morgan fingerprint density at radius 1 is 1.33 bits per heavy atom. The predicted molar refractivity (Wildman–Crippen MR) is 56.1 cm³/mol. The maximum atomic E-state index is 12.5. The van der Waals surface area contributed by atoms with Gasteiger partial charge in [-0.15, -0.1) is 0 Å². The number of alkyl halides is 3. The van der Waals surface area contributed by atoms with Crippen LogP contribution in [0.5, 0.6) is 0 Å². The van der Waals surface area contributed by atoms with Crippen LogP contribution >= 0.6 is 0 Å². The number of imidazole rings is 1. The third kappa shape index (κ3) is 1.45. The first-order valence-electron chi connectivity index (χ1n) is 4.89. The van der Waals surface area contributed by atoms with Crippen LogP contribution in [-0.4, -0.2) is 19.4 Å². The first kappa shape index (κ1) is 10.8. The summed E-state index contributed by atoms with van der Waals surface area (Å²) in [6.45, 7) is 0. The Morgan fingerprint density at radius 2 is 2.11 bits per heavy atom. The van der Waals surface area contributed by atoms with Crippen LogP contribution in [0.1, 0.15) is 5.56 Å². The topological polar surface area (TPSA) is 63.0 Å². The number of aromatic amines is 1. The average molecular weight is 254 g/mol. The Bertz CT molecular complexity index is 802. The minimum Gasteiger partial charge on any atom is -0.311 e. The molecule has 0 radical (unpaired) electrons. The fraction of sp³-hybridized carbons (Fsp3) is 0.100. The normalized spacial score (nSPS) is 12.4. The molecule has 0 bridgehead atoms. The molecule has 0 aliphatic carbocycles. The van der Waals surface area contributed by atoms with Gasteiger partial charge in [0.2, 0.25) is 0 Å². The highest BCUT2D eigenvalue weighted by Gasteiger charge is 2.31. The van der Waals surface area contributed by atoms with E-state index < -0.39 is 17.3 Å². The van der Waals surface area contributed by atoms with E-state index in [1.807, 2.05) is 0 Å². The largest absolute Gasteiger partial charge is 0.416 e. The Morgan fingerprint density at radius 3 is 2.83 bits per heavy atom. The molecule has 92 valence electrons. The summed E-state index contributed by atoms with van der Waals surface area (Å²) in [6.07, 6.45) is -2.07. The van der Waals surface area contributed by atoms with Gasteiger partial charge in [-0.05, 0) is 12.1 Å². The molecule has 1 N–H and O–H groups in total. The average Bonchev–Trinajstić information content (AvgIpc) is 2.67. The fourth-order valence-electron chi connectivity index (χ4n) is 1.70. The molecule has 0 saturated carbocycles. The number of hydrogen-bond acceptors (Lipinski definition) is 3. The third-order valence-electron chi connectivity index (χ3n) is 2.53. The van der Waals surface area contributed by atoms with Gasteiger partial charge in [-0.1, -0.05) is 0 Å². The van der Waals surface area contributed by atoms with Gasteiger partial charge in [0.05, 0.1) is 11.9 Å². The zero-order chi connectivity index (χ0) is 12.9. The molecule has 3 rings (SSSR count). The lowest BCUT2D eigenvalue weighted by atomic mass is 10.2. The summed E-state index contributed by atoms with van der Waals surface area (Å²) in [5, 5.41) is 0. The number of nitrogens with zero attached hydrogens (tertiary/aromatic N) is 3. The van der Waals surface area contributed by atoms with Crippen LogP contribution < -0.4 is 5.56 Å². The van der Waals surface area contributed by atoms with Crippen molar-refractivity contribution >= 4 is 16.8 Å². The Balaban J connectivity index is 2.40. The SMILES string of the molecule is O=c1[nH]cnc2c1nc1cc(C(F)(F)F)ccn12. The Hall–Kier alpha value is -2.38. The van der Waals surface area contributed by atoms with E-state index in [1.54, 1.807) is 0 Å². The Kier molecular flexibility index (Phi) is 1.98. The first-order chi connectivity index (χ1) is 8.47. The van der Waals surface area contributed by atoms with Crippen LogP contribution in [0, 0.1) is 0 Å². The quantitative estimate of drug-likeness (QED) is 0.662. The lowest BCUT2D eigenvalue weighted by molar-refractivity contribution is -0.137. The van der Waals surface area contributed by atoms with Crippen molar-refractivity contribution in [2.45, 2.75) is 6.18 Å². The summed E-state index contributed by atoms with van der Waals surface area (Å²) in [5.74, 6) is 0. The van der Waals surface area contributed by atoms with Crippen LogP contribution in [0.25, 0.3) is 16.8 Å². The molecule has 18 heavy (non-hydrogen) atoms. The van der Waals surface area contributed by atoms with Crippen LogP contribution in [0.4, 0.5) is 13.2 Å². The minimum atomic E-state index is -4.44. The van der Waals surface area contributed by atoms with Crippen molar-refractivity contribution in [3.63, 3.8) is 0 Å². The molecule has 3 aromatic heterocycles. The number of nitrogens with one attached hydrogen (secondary N) is 1. The van der Waals surface area contributed by atoms with Crippen molar-refractivity contribution < 1.29 is 13.2 Å². The highest BCUT2D eigenvalue weighted by atomic mass is 19.4. The summed E-state index contributed by atoms with van der Waals surface area (Å²) in [4.78, 5) is 21.5. The van der Waals surface area contributed by atoms with E-state index in [9.17, 15) is 18.0 Å². The fourth-order valence-corrected chi connectivity index (χ4v) is 1.70. The zero-order valence-corrected chi connectivity index (χ0v) is 8.69. The van der Waals surface area contributed by atoms with Crippen molar-refractivity contribution in [2.75, 3.05) is 0 Å². The van der Waals surface area contributed by atoms with Gasteiger partial charge in [0, 0.05) is 6.20 Å². The molecular formula is C10H5F3N4O. The lowest BCUT2D eigenvalue weighted by Crippen LogP contribution is -2.06. The highest BCUT2D eigenvalue weighted by molar-refractivity contribution is 5.75. The van der Waals surface area contributed by atoms with Crippen LogP contribution in [0.3, 0.4) is 0 Å². The number of halogens is 3. The minimum absolute atomic E-state index is 0.0109.